The maximum atomic E-state index is 5.62. The van der Waals surface area contributed by atoms with Crippen molar-refractivity contribution < 1.29 is 9.47 Å². The van der Waals surface area contributed by atoms with Crippen LogP contribution in [-0.2, 0) is 15.9 Å². The lowest BCUT2D eigenvalue weighted by Crippen LogP contribution is -2.23. The first-order valence-electron chi connectivity index (χ1n) is 5.27. The molecule has 1 aliphatic rings. The first-order chi connectivity index (χ1) is 7.36. The molecule has 1 atom stereocenters. The molecule has 0 saturated carbocycles. The molecule has 0 bridgehead atoms. The quantitative estimate of drug-likeness (QED) is 0.916. The van der Waals surface area contributed by atoms with E-state index < -0.39 is 0 Å². The van der Waals surface area contributed by atoms with Crippen molar-refractivity contribution in [3.63, 3.8) is 0 Å². The van der Waals surface area contributed by atoms with Crippen LogP contribution in [0.1, 0.15) is 25.0 Å². The Hall–Kier alpha value is -0.390. The molecular formula is C10H15BrN2O2. The summed E-state index contributed by atoms with van der Waals surface area (Å²) in [5.41, 5.74) is 1.07. The first-order valence-corrected chi connectivity index (χ1v) is 6.06. The second kappa shape index (κ2) is 5.63. The molecule has 1 aromatic heterocycles. The van der Waals surface area contributed by atoms with Gasteiger partial charge in [0.15, 0.2) is 6.29 Å². The molecule has 0 amide bonds. The predicted molar refractivity (Wildman–Crippen MR) is 59.5 cm³/mol. The molecule has 0 radical (unpaired) electrons. The molecule has 2 heterocycles. The molecule has 4 nitrogen and oxygen atoms in total. The van der Waals surface area contributed by atoms with Crippen LogP contribution in [0.2, 0.25) is 0 Å². The second-order valence-electron chi connectivity index (χ2n) is 3.61. The monoisotopic (exact) mass is 274 g/mol. The molecule has 1 aromatic rings. The normalized spacial score (nSPS) is 21.8. The highest BCUT2D eigenvalue weighted by molar-refractivity contribution is 9.10. The minimum atomic E-state index is 0.000414. The van der Waals surface area contributed by atoms with Gasteiger partial charge in [-0.05, 0) is 35.2 Å². The van der Waals surface area contributed by atoms with Crippen LogP contribution >= 0.6 is 15.9 Å². The number of aromatic amines is 1. The Balaban J connectivity index is 1.68. The SMILES string of the molecule is Brc1cn[nH]c1CCO[C@H]1CCCCO1. The predicted octanol–water partition coefficient (Wildman–Crippen LogP) is 2.26. The van der Waals surface area contributed by atoms with Crippen molar-refractivity contribution in [3.8, 4) is 0 Å². The third kappa shape index (κ3) is 3.29. The third-order valence-corrected chi connectivity index (χ3v) is 3.14. The van der Waals surface area contributed by atoms with Gasteiger partial charge in [-0.3, -0.25) is 5.10 Å². The Labute approximate surface area is 97.5 Å². The summed E-state index contributed by atoms with van der Waals surface area (Å²) in [6.45, 7) is 1.50. The lowest BCUT2D eigenvalue weighted by Gasteiger charge is -2.22. The van der Waals surface area contributed by atoms with Gasteiger partial charge in [0.25, 0.3) is 0 Å². The fourth-order valence-corrected chi connectivity index (χ4v) is 2.00. The van der Waals surface area contributed by atoms with E-state index in [4.69, 9.17) is 9.47 Å². The zero-order chi connectivity index (χ0) is 10.5. The molecule has 2 rings (SSSR count). The van der Waals surface area contributed by atoms with E-state index in [1.165, 1.54) is 6.42 Å². The maximum Gasteiger partial charge on any atom is 0.157 e. The lowest BCUT2D eigenvalue weighted by molar-refractivity contribution is -0.161. The highest BCUT2D eigenvalue weighted by Gasteiger charge is 2.13. The van der Waals surface area contributed by atoms with Gasteiger partial charge in [-0.25, -0.2) is 0 Å². The average Bonchev–Trinajstić information content (AvgIpc) is 2.66. The van der Waals surface area contributed by atoms with E-state index in [0.29, 0.717) is 6.61 Å². The Bertz CT molecular complexity index is 297. The highest BCUT2D eigenvalue weighted by atomic mass is 79.9. The topological polar surface area (TPSA) is 47.1 Å². The minimum Gasteiger partial charge on any atom is -0.353 e. The van der Waals surface area contributed by atoms with Gasteiger partial charge in [-0.1, -0.05) is 0 Å². The molecule has 1 aliphatic heterocycles. The summed E-state index contributed by atoms with van der Waals surface area (Å²) in [5, 5.41) is 6.85. The van der Waals surface area contributed by atoms with Crippen LogP contribution in [0.15, 0.2) is 10.7 Å². The zero-order valence-corrected chi connectivity index (χ0v) is 10.1. The number of aromatic nitrogens is 2. The van der Waals surface area contributed by atoms with Crippen molar-refractivity contribution in [1.29, 1.82) is 0 Å². The van der Waals surface area contributed by atoms with Crippen LogP contribution in [0.3, 0.4) is 0 Å². The molecule has 1 saturated heterocycles. The lowest BCUT2D eigenvalue weighted by atomic mass is 10.2. The molecular weight excluding hydrogens is 260 g/mol. The van der Waals surface area contributed by atoms with E-state index in [0.717, 1.165) is 36.0 Å². The summed E-state index contributed by atoms with van der Waals surface area (Å²) in [5.74, 6) is 0. The fourth-order valence-electron chi connectivity index (χ4n) is 1.61. The summed E-state index contributed by atoms with van der Waals surface area (Å²) in [7, 11) is 0. The fraction of sp³-hybridized carbons (Fsp3) is 0.700. The van der Waals surface area contributed by atoms with E-state index in [-0.39, 0.29) is 6.29 Å². The van der Waals surface area contributed by atoms with E-state index in [9.17, 15) is 0 Å². The molecule has 0 unspecified atom stereocenters. The van der Waals surface area contributed by atoms with Crippen molar-refractivity contribution in [1.82, 2.24) is 10.2 Å². The van der Waals surface area contributed by atoms with Crippen molar-refractivity contribution in [2.45, 2.75) is 32.0 Å². The number of nitrogens with zero attached hydrogens (tertiary/aromatic N) is 1. The summed E-state index contributed by atoms with van der Waals surface area (Å²) >= 11 is 3.41. The van der Waals surface area contributed by atoms with Gasteiger partial charge < -0.3 is 9.47 Å². The summed E-state index contributed by atoms with van der Waals surface area (Å²) in [4.78, 5) is 0. The Morgan fingerprint density at radius 2 is 2.53 bits per heavy atom. The summed E-state index contributed by atoms with van der Waals surface area (Å²) in [6.07, 6.45) is 5.97. The van der Waals surface area contributed by atoms with Crippen LogP contribution in [-0.4, -0.2) is 29.7 Å². The summed E-state index contributed by atoms with van der Waals surface area (Å²) < 4.78 is 12.1. The number of halogens is 1. The largest absolute Gasteiger partial charge is 0.353 e. The van der Waals surface area contributed by atoms with Crippen LogP contribution < -0.4 is 0 Å². The smallest absolute Gasteiger partial charge is 0.157 e. The van der Waals surface area contributed by atoms with Crippen molar-refractivity contribution >= 4 is 15.9 Å². The number of hydrogen-bond donors (Lipinski definition) is 1. The number of nitrogens with one attached hydrogen (secondary N) is 1. The van der Waals surface area contributed by atoms with Gasteiger partial charge in [-0.2, -0.15) is 5.10 Å². The molecule has 1 N–H and O–H groups in total. The Morgan fingerprint density at radius 1 is 1.60 bits per heavy atom. The maximum absolute atomic E-state index is 5.62. The van der Waals surface area contributed by atoms with Crippen LogP contribution in [0.5, 0.6) is 0 Å². The van der Waals surface area contributed by atoms with Crippen molar-refractivity contribution in [2.24, 2.45) is 0 Å². The van der Waals surface area contributed by atoms with E-state index >= 15 is 0 Å². The van der Waals surface area contributed by atoms with Gasteiger partial charge in [0.05, 0.1) is 23.0 Å². The minimum absolute atomic E-state index is 0.000414. The summed E-state index contributed by atoms with van der Waals surface area (Å²) in [6, 6.07) is 0. The third-order valence-electron chi connectivity index (χ3n) is 2.46. The molecule has 15 heavy (non-hydrogen) atoms. The van der Waals surface area contributed by atoms with Crippen LogP contribution in [0.25, 0.3) is 0 Å². The van der Waals surface area contributed by atoms with Crippen molar-refractivity contribution in [3.05, 3.63) is 16.4 Å². The van der Waals surface area contributed by atoms with Gasteiger partial charge >= 0.3 is 0 Å². The Morgan fingerprint density at radius 3 is 3.20 bits per heavy atom. The number of H-pyrrole nitrogens is 1. The molecule has 0 aromatic carbocycles. The van der Waals surface area contributed by atoms with Gasteiger partial charge in [0.2, 0.25) is 0 Å². The van der Waals surface area contributed by atoms with Gasteiger partial charge in [-0.15, -0.1) is 0 Å². The van der Waals surface area contributed by atoms with Gasteiger partial charge in [0, 0.05) is 13.0 Å². The van der Waals surface area contributed by atoms with Crippen LogP contribution in [0.4, 0.5) is 0 Å². The highest BCUT2D eigenvalue weighted by Crippen LogP contribution is 2.16. The molecule has 5 heteroatoms. The molecule has 0 aliphatic carbocycles. The first kappa shape index (κ1) is 11.1. The van der Waals surface area contributed by atoms with Crippen LogP contribution in [0, 0.1) is 0 Å². The molecule has 1 fully saturated rings. The average molecular weight is 275 g/mol. The van der Waals surface area contributed by atoms with Gasteiger partial charge in [0.1, 0.15) is 0 Å². The molecule has 84 valence electrons. The van der Waals surface area contributed by atoms with Crippen molar-refractivity contribution in [2.75, 3.05) is 13.2 Å². The Kier molecular flexibility index (Phi) is 4.17. The second-order valence-corrected chi connectivity index (χ2v) is 4.47. The number of ether oxygens (including phenoxy) is 2. The number of hydrogen-bond acceptors (Lipinski definition) is 3. The van der Waals surface area contributed by atoms with E-state index in [1.807, 2.05) is 0 Å². The van der Waals surface area contributed by atoms with E-state index in [2.05, 4.69) is 26.1 Å². The number of rotatable bonds is 4. The molecule has 0 spiro atoms. The zero-order valence-electron chi connectivity index (χ0n) is 8.54. The van der Waals surface area contributed by atoms with E-state index in [1.54, 1.807) is 6.20 Å². The standard InChI is InChI=1S/C10H15BrN2O2/c11-8-7-12-13-9(8)4-6-15-10-3-1-2-5-14-10/h7,10H,1-6H2,(H,12,13)/t10-/m0/s1.